The molecule has 0 aromatic carbocycles. The summed E-state index contributed by atoms with van der Waals surface area (Å²) in [5.74, 6) is 0.797. The molecular weight excluding hydrogens is 114 g/mol. The molecule has 1 N–H and O–H groups in total. The first kappa shape index (κ1) is 8.92. The molecule has 0 spiro atoms. The van der Waals surface area contributed by atoms with Crippen molar-refractivity contribution in [1.29, 1.82) is 0 Å². The van der Waals surface area contributed by atoms with Crippen molar-refractivity contribution in [3.63, 3.8) is 0 Å². The number of hydrogen-bond donors (Lipinski definition) is 1. The average Bonchev–Trinajstić information content (AvgIpc) is 1.80. The molecule has 0 amide bonds. The molecule has 0 atom stereocenters. The topological polar surface area (TPSA) is 21.3 Å². The zero-order valence-electron chi connectivity index (χ0n) is 6.61. The average molecular weight is 131 g/mol. The summed E-state index contributed by atoms with van der Waals surface area (Å²) in [7, 11) is 1.79. The van der Waals surface area contributed by atoms with Crippen LogP contribution in [0.5, 0.6) is 0 Å². The highest BCUT2D eigenvalue weighted by Gasteiger charge is 1.91. The molecular formula is C7H17NO. The fourth-order valence-corrected chi connectivity index (χ4v) is 0.666. The lowest BCUT2D eigenvalue weighted by atomic mass is 10.1. The maximum absolute atomic E-state index is 4.93. The van der Waals surface area contributed by atoms with Gasteiger partial charge in [0.15, 0.2) is 0 Å². The fourth-order valence-electron chi connectivity index (χ4n) is 0.666. The third kappa shape index (κ3) is 7.92. The van der Waals surface area contributed by atoms with E-state index in [4.69, 9.17) is 4.84 Å². The Hall–Kier alpha value is -0.0800. The van der Waals surface area contributed by atoms with Gasteiger partial charge in [0.05, 0.1) is 6.61 Å². The van der Waals surface area contributed by atoms with Gasteiger partial charge in [-0.05, 0) is 18.8 Å². The standard InChI is InChI=1S/C7H17NO/c1-7(2)5-4-6-9-8-3/h7-8H,4-6H2,1-3H3. The normalized spacial score (nSPS) is 10.7. The minimum absolute atomic E-state index is 0.797. The zero-order chi connectivity index (χ0) is 7.11. The second kappa shape index (κ2) is 6.05. The molecule has 0 unspecified atom stereocenters. The van der Waals surface area contributed by atoms with Crippen LogP contribution < -0.4 is 5.48 Å². The number of rotatable bonds is 5. The van der Waals surface area contributed by atoms with Gasteiger partial charge in [-0.2, -0.15) is 0 Å². The Morgan fingerprint density at radius 2 is 2.11 bits per heavy atom. The van der Waals surface area contributed by atoms with Gasteiger partial charge in [-0.3, -0.25) is 0 Å². The van der Waals surface area contributed by atoms with Crippen LogP contribution in [0.4, 0.5) is 0 Å². The predicted molar refractivity (Wildman–Crippen MR) is 39.1 cm³/mol. The van der Waals surface area contributed by atoms with E-state index in [9.17, 15) is 0 Å². The van der Waals surface area contributed by atoms with Crippen molar-refractivity contribution in [3.8, 4) is 0 Å². The lowest BCUT2D eigenvalue weighted by Crippen LogP contribution is -2.08. The van der Waals surface area contributed by atoms with Crippen molar-refractivity contribution in [3.05, 3.63) is 0 Å². The van der Waals surface area contributed by atoms with Crippen molar-refractivity contribution in [2.75, 3.05) is 13.7 Å². The van der Waals surface area contributed by atoms with E-state index in [1.165, 1.54) is 6.42 Å². The van der Waals surface area contributed by atoms with E-state index in [1.54, 1.807) is 7.05 Å². The van der Waals surface area contributed by atoms with Crippen LogP contribution in [0.3, 0.4) is 0 Å². The Morgan fingerprint density at radius 3 is 2.56 bits per heavy atom. The molecule has 0 rings (SSSR count). The Labute approximate surface area is 57.5 Å². The molecule has 56 valence electrons. The van der Waals surface area contributed by atoms with Crippen LogP contribution in [-0.4, -0.2) is 13.7 Å². The Morgan fingerprint density at radius 1 is 1.44 bits per heavy atom. The molecule has 0 fully saturated rings. The van der Waals surface area contributed by atoms with Crippen LogP contribution in [0, 0.1) is 5.92 Å². The lowest BCUT2D eigenvalue weighted by molar-refractivity contribution is 0.0538. The second-order valence-electron chi connectivity index (χ2n) is 2.59. The monoisotopic (exact) mass is 131 g/mol. The Balaban J connectivity index is 2.75. The maximum atomic E-state index is 4.93. The molecule has 0 heterocycles. The van der Waals surface area contributed by atoms with Crippen molar-refractivity contribution >= 4 is 0 Å². The minimum Gasteiger partial charge on any atom is -0.302 e. The van der Waals surface area contributed by atoms with E-state index in [0.717, 1.165) is 18.9 Å². The van der Waals surface area contributed by atoms with E-state index in [1.807, 2.05) is 0 Å². The van der Waals surface area contributed by atoms with Crippen molar-refractivity contribution in [2.45, 2.75) is 26.7 Å². The van der Waals surface area contributed by atoms with Gasteiger partial charge in [0.1, 0.15) is 0 Å². The molecule has 0 aromatic rings. The van der Waals surface area contributed by atoms with Gasteiger partial charge in [-0.1, -0.05) is 13.8 Å². The van der Waals surface area contributed by atoms with E-state index < -0.39 is 0 Å². The van der Waals surface area contributed by atoms with Gasteiger partial charge in [0, 0.05) is 7.05 Å². The third-order valence-electron chi connectivity index (χ3n) is 1.17. The van der Waals surface area contributed by atoms with E-state index in [0.29, 0.717) is 0 Å². The highest BCUT2D eigenvalue weighted by atomic mass is 16.6. The van der Waals surface area contributed by atoms with Gasteiger partial charge in [0.25, 0.3) is 0 Å². The van der Waals surface area contributed by atoms with Crippen LogP contribution in [0.15, 0.2) is 0 Å². The summed E-state index contributed by atoms with van der Waals surface area (Å²) < 4.78 is 0. The minimum atomic E-state index is 0.797. The van der Waals surface area contributed by atoms with Gasteiger partial charge in [-0.15, -0.1) is 0 Å². The molecule has 2 heteroatoms. The zero-order valence-corrected chi connectivity index (χ0v) is 6.61. The van der Waals surface area contributed by atoms with Crippen LogP contribution in [0.2, 0.25) is 0 Å². The smallest absolute Gasteiger partial charge is 0.0682 e. The Bertz CT molecular complexity index is 54.9. The summed E-state index contributed by atoms with van der Waals surface area (Å²) in [5, 5.41) is 0. The summed E-state index contributed by atoms with van der Waals surface area (Å²) in [4.78, 5) is 4.93. The highest BCUT2D eigenvalue weighted by molar-refractivity contribution is 4.43. The third-order valence-corrected chi connectivity index (χ3v) is 1.17. The molecule has 0 aliphatic carbocycles. The first-order valence-electron chi connectivity index (χ1n) is 3.56. The molecule has 0 bridgehead atoms. The van der Waals surface area contributed by atoms with E-state index in [-0.39, 0.29) is 0 Å². The van der Waals surface area contributed by atoms with Crippen LogP contribution in [0.1, 0.15) is 26.7 Å². The highest BCUT2D eigenvalue weighted by Crippen LogP contribution is 2.02. The van der Waals surface area contributed by atoms with E-state index >= 15 is 0 Å². The van der Waals surface area contributed by atoms with Gasteiger partial charge < -0.3 is 4.84 Å². The van der Waals surface area contributed by atoms with Crippen molar-refractivity contribution < 1.29 is 4.84 Å². The number of nitrogens with one attached hydrogen (secondary N) is 1. The number of hydroxylamine groups is 1. The number of hydrogen-bond acceptors (Lipinski definition) is 2. The largest absolute Gasteiger partial charge is 0.302 e. The van der Waals surface area contributed by atoms with Crippen LogP contribution >= 0.6 is 0 Å². The molecule has 9 heavy (non-hydrogen) atoms. The maximum Gasteiger partial charge on any atom is 0.0682 e. The predicted octanol–water partition coefficient (Wildman–Crippen LogP) is 1.57. The SMILES string of the molecule is CNOCCCC(C)C. The lowest BCUT2D eigenvalue weighted by Gasteiger charge is -2.03. The first-order chi connectivity index (χ1) is 4.27. The quantitative estimate of drug-likeness (QED) is 0.451. The first-order valence-corrected chi connectivity index (χ1v) is 3.56. The van der Waals surface area contributed by atoms with E-state index in [2.05, 4.69) is 19.3 Å². The molecule has 2 nitrogen and oxygen atoms in total. The molecule has 0 radical (unpaired) electrons. The van der Waals surface area contributed by atoms with Crippen LogP contribution in [0.25, 0.3) is 0 Å². The summed E-state index contributed by atoms with van der Waals surface area (Å²) in [6, 6.07) is 0. The van der Waals surface area contributed by atoms with Crippen molar-refractivity contribution in [2.24, 2.45) is 5.92 Å². The molecule has 0 aliphatic heterocycles. The van der Waals surface area contributed by atoms with Gasteiger partial charge in [0.2, 0.25) is 0 Å². The van der Waals surface area contributed by atoms with Gasteiger partial charge in [-0.25, -0.2) is 5.48 Å². The second-order valence-corrected chi connectivity index (χ2v) is 2.59. The van der Waals surface area contributed by atoms with Gasteiger partial charge >= 0.3 is 0 Å². The Kier molecular flexibility index (Phi) is 5.99. The van der Waals surface area contributed by atoms with Crippen molar-refractivity contribution in [1.82, 2.24) is 5.48 Å². The molecule has 0 aromatic heterocycles. The summed E-state index contributed by atoms with van der Waals surface area (Å²) in [6.07, 6.45) is 2.40. The van der Waals surface area contributed by atoms with Crippen LogP contribution in [-0.2, 0) is 4.84 Å². The summed E-state index contributed by atoms with van der Waals surface area (Å²) >= 11 is 0. The molecule has 0 aliphatic rings. The fraction of sp³-hybridized carbons (Fsp3) is 1.00. The summed E-state index contributed by atoms with van der Waals surface area (Å²) in [6.45, 7) is 5.27. The molecule has 0 saturated carbocycles. The summed E-state index contributed by atoms with van der Waals surface area (Å²) in [5.41, 5.74) is 2.64. The molecule has 0 saturated heterocycles.